The first-order valence-electron chi connectivity index (χ1n) is 8.11. The predicted molar refractivity (Wildman–Crippen MR) is 95.8 cm³/mol. The standard InChI is InChI=1S/C17H20F2N4O2.ClH/c1-20-8-11-5-6-23(10-11)16(24)14-9-21-22-15(14)12-3-2-4-13(7-12)25-17(18)19;/h2-4,7,9,11,17,20H,5-6,8,10H2,1H3,(H,21,22);1H. The Morgan fingerprint density at radius 3 is 3.04 bits per heavy atom. The van der Waals surface area contributed by atoms with Crippen LogP contribution in [0.2, 0.25) is 0 Å². The van der Waals surface area contributed by atoms with E-state index in [1.807, 2.05) is 7.05 Å². The van der Waals surface area contributed by atoms with Gasteiger partial charge in [0, 0.05) is 18.7 Å². The quantitative estimate of drug-likeness (QED) is 0.801. The molecule has 1 aliphatic rings. The minimum atomic E-state index is -2.90. The molecule has 2 heterocycles. The lowest BCUT2D eigenvalue weighted by Crippen LogP contribution is -2.30. The summed E-state index contributed by atoms with van der Waals surface area (Å²) >= 11 is 0. The second kappa shape index (κ2) is 8.95. The van der Waals surface area contributed by atoms with Crippen molar-refractivity contribution in [1.82, 2.24) is 20.4 Å². The molecule has 1 saturated heterocycles. The minimum absolute atomic E-state index is 0. The van der Waals surface area contributed by atoms with Crippen molar-refractivity contribution >= 4 is 18.3 Å². The average molecular weight is 387 g/mol. The van der Waals surface area contributed by atoms with Crippen LogP contribution in [-0.4, -0.2) is 54.3 Å². The molecule has 0 spiro atoms. The Kier molecular flexibility index (Phi) is 6.93. The Morgan fingerprint density at radius 1 is 1.50 bits per heavy atom. The number of carbonyl (C=O) groups excluding carboxylic acids is 1. The largest absolute Gasteiger partial charge is 0.435 e. The van der Waals surface area contributed by atoms with Gasteiger partial charge in [-0.1, -0.05) is 12.1 Å². The predicted octanol–water partition coefficient (Wildman–Crippen LogP) is 2.78. The Labute approximate surface area is 156 Å². The highest BCUT2D eigenvalue weighted by Gasteiger charge is 2.28. The molecule has 0 bridgehead atoms. The van der Waals surface area contributed by atoms with Crippen LogP contribution in [-0.2, 0) is 0 Å². The summed E-state index contributed by atoms with van der Waals surface area (Å²) in [5, 5.41) is 9.88. The number of hydrogen-bond acceptors (Lipinski definition) is 4. The number of benzene rings is 1. The Balaban J connectivity index is 0.00000243. The molecule has 9 heteroatoms. The molecule has 1 amide bonds. The molecular formula is C17H21ClF2N4O2. The van der Waals surface area contributed by atoms with Crippen LogP contribution in [0.1, 0.15) is 16.8 Å². The zero-order valence-corrected chi connectivity index (χ0v) is 15.1. The lowest BCUT2D eigenvalue weighted by molar-refractivity contribution is -0.0498. The summed E-state index contributed by atoms with van der Waals surface area (Å²) in [7, 11) is 1.90. The van der Waals surface area contributed by atoms with E-state index in [-0.39, 0.29) is 24.1 Å². The topological polar surface area (TPSA) is 70.2 Å². The Morgan fingerprint density at radius 2 is 2.31 bits per heavy atom. The van der Waals surface area contributed by atoms with E-state index in [4.69, 9.17) is 0 Å². The van der Waals surface area contributed by atoms with Gasteiger partial charge in [0.25, 0.3) is 5.91 Å². The van der Waals surface area contributed by atoms with Crippen molar-refractivity contribution < 1.29 is 18.3 Å². The Hall–Kier alpha value is -2.19. The van der Waals surface area contributed by atoms with Crippen LogP contribution in [0.4, 0.5) is 8.78 Å². The van der Waals surface area contributed by atoms with Crippen LogP contribution in [0.3, 0.4) is 0 Å². The van der Waals surface area contributed by atoms with Crippen LogP contribution in [0, 0.1) is 5.92 Å². The van der Waals surface area contributed by atoms with Crippen molar-refractivity contribution in [3.63, 3.8) is 0 Å². The van der Waals surface area contributed by atoms with Crippen molar-refractivity contribution in [3.8, 4) is 17.0 Å². The highest BCUT2D eigenvalue weighted by molar-refractivity contribution is 6.00. The molecule has 6 nitrogen and oxygen atoms in total. The monoisotopic (exact) mass is 386 g/mol. The summed E-state index contributed by atoms with van der Waals surface area (Å²) < 4.78 is 29.2. The van der Waals surface area contributed by atoms with Crippen LogP contribution in [0.15, 0.2) is 30.5 Å². The fraction of sp³-hybridized carbons (Fsp3) is 0.412. The molecule has 26 heavy (non-hydrogen) atoms. The van der Waals surface area contributed by atoms with Crippen LogP contribution in [0.25, 0.3) is 11.3 Å². The summed E-state index contributed by atoms with van der Waals surface area (Å²) in [6, 6.07) is 6.22. The van der Waals surface area contributed by atoms with Gasteiger partial charge >= 0.3 is 6.61 Å². The second-order valence-electron chi connectivity index (χ2n) is 6.03. The van der Waals surface area contributed by atoms with Crippen molar-refractivity contribution in [2.45, 2.75) is 13.0 Å². The molecule has 1 unspecified atom stereocenters. The lowest BCUT2D eigenvalue weighted by Gasteiger charge is -2.16. The molecule has 1 aromatic heterocycles. The zero-order chi connectivity index (χ0) is 17.8. The van der Waals surface area contributed by atoms with Gasteiger partial charge in [-0.15, -0.1) is 12.4 Å². The fourth-order valence-electron chi connectivity index (χ4n) is 3.14. The number of halogens is 3. The average Bonchev–Trinajstić information content (AvgIpc) is 3.23. The number of alkyl halides is 2. The smallest absolute Gasteiger partial charge is 0.387 e. The number of nitrogens with zero attached hydrogens (tertiary/aromatic N) is 2. The van der Waals surface area contributed by atoms with Crippen molar-refractivity contribution in [2.75, 3.05) is 26.7 Å². The van der Waals surface area contributed by atoms with Gasteiger partial charge in [-0.25, -0.2) is 0 Å². The second-order valence-corrected chi connectivity index (χ2v) is 6.03. The molecular weight excluding hydrogens is 366 g/mol. The third-order valence-electron chi connectivity index (χ3n) is 4.28. The SMILES string of the molecule is CNCC1CCN(C(=O)c2cn[nH]c2-c2cccc(OC(F)F)c2)C1.Cl. The van der Waals surface area contributed by atoms with Crippen molar-refractivity contribution in [1.29, 1.82) is 0 Å². The number of rotatable bonds is 6. The highest BCUT2D eigenvalue weighted by atomic mass is 35.5. The van der Waals surface area contributed by atoms with E-state index in [0.717, 1.165) is 13.0 Å². The maximum absolute atomic E-state index is 12.8. The van der Waals surface area contributed by atoms with E-state index in [1.54, 1.807) is 17.0 Å². The van der Waals surface area contributed by atoms with Gasteiger partial charge in [-0.3, -0.25) is 9.89 Å². The van der Waals surface area contributed by atoms with Crippen LogP contribution in [0.5, 0.6) is 5.75 Å². The van der Waals surface area contributed by atoms with E-state index in [9.17, 15) is 13.6 Å². The number of nitrogens with one attached hydrogen (secondary N) is 2. The lowest BCUT2D eigenvalue weighted by atomic mass is 10.1. The third kappa shape index (κ3) is 4.50. The summed E-state index contributed by atoms with van der Waals surface area (Å²) in [5.41, 5.74) is 1.51. The van der Waals surface area contributed by atoms with E-state index in [0.29, 0.717) is 35.8 Å². The molecule has 0 saturated carbocycles. The van der Waals surface area contributed by atoms with Crippen LogP contribution >= 0.6 is 12.4 Å². The molecule has 2 N–H and O–H groups in total. The molecule has 0 radical (unpaired) electrons. The number of ether oxygens (including phenoxy) is 1. The normalized spacial score (nSPS) is 16.6. The van der Waals surface area contributed by atoms with E-state index in [2.05, 4.69) is 20.3 Å². The van der Waals surface area contributed by atoms with E-state index in [1.165, 1.54) is 18.3 Å². The molecule has 1 fully saturated rings. The maximum Gasteiger partial charge on any atom is 0.387 e. The number of aromatic nitrogens is 2. The van der Waals surface area contributed by atoms with Gasteiger partial charge in [0.1, 0.15) is 5.75 Å². The number of aromatic amines is 1. The molecule has 1 aliphatic heterocycles. The number of H-pyrrole nitrogens is 1. The van der Waals surface area contributed by atoms with Gasteiger partial charge in [0.15, 0.2) is 0 Å². The first-order chi connectivity index (χ1) is 12.1. The minimum Gasteiger partial charge on any atom is -0.435 e. The van der Waals surface area contributed by atoms with E-state index >= 15 is 0 Å². The summed E-state index contributed by atoms with van der Waals surface area (Å²) in [6.07, 6.45) is 2.43. The van der Waals surface area contributed by atoms with Crippen LogP contribution < -0.4 is 10.1 Å². The van der Waals surface area contributed by atoms with Gasteiger partial charge in [0.2, 0.25) is 0 Å². The molecule has 1 atom stereocenters. The molecule has 0 aliphatic carbocycles. The van der Waals surface area contributed by atoms with E-state index < -0.39 is 6.61 Å². The zero-order valence-electron chi connectivity index (χ0n) is 14.2. The molecule has 2 aromatic rings. The van der Waals surface area contributed by atoms with Gasteiger partial charge in [-0.2, -0.15) is 13.9 Å². The number of carbonyl (C=O) groups is 1. The third-order valence-corrected chi connectivity index (χ3v) is 4.28. The summed E-state index contributed by atoms with van der Waals surface area (Å²) in [5.74, 6) is 0.366. The summed E-state index contributed by atoms with van der Waals surface area (Å²) in [4.78, 5) is 14.6. The molecule has 142 valence electrons. The first kappa shape index (κ1) is 20.1. The maximum atomic E-state index is 12.8. The Bertz CT molecular complexity index is 741. The first-order valence-corrected chi connectivity index (χ1v) is 8.11. The number of amides is 1. The van der Waals surface area contributed by atoms with Crippen molar-refractivity contribution in [2.24, 2.45) is 5.92 Å². The van der Waals surface area contributed by atoms with Gasteiger partial charge in [-0.05, 0) is 38.1 Å². The van der Waals surface area contributed by atoms with Gasteiger partial charge in [0.05, 0.1) is 17.5 Å². The fourth-order valence-corrected chi connectivity index (χ4v) is 3.14. The summed E-state index contributed by atoms with van der Waals surface area (Å²) in [6.45, 7) is -0.634. The highest BCUT2D eigenvalue weighted by Crippen LogP contribution is 2.28. The van der Waals surface area contributed by atoms with Gasteiger partial charge < -0.3 is 15.0 Å². The molecule has 1 aromatic carbocycles. The molecule has 3 rings (SSSR count). The van der Waals surface area contributed by atoms with Crippen molar-refractivity contribution in [3.05, 3.63) is 36.0 Å². The number of hydrogen-bond donors (Lipinski definition) is 2. The number of likely N-dealkylation sites (tertiary alicyclic amines) is 1.